The fraction of sp³-hybridized carbons (Fsp3) is 0.368. The van der Waals surface area contributed by atoms with E-state index in [0.29, 0.717) is 5.56 Å². The molecule has 3 N–H and O–H groups in total. The summed E-state index contributed by atoms with van der Waals surface area (Å²) in [6, 6.07) is 9.40. The summed E-state index contributed by atoms with van der Waals surface area (Å²) < 4.78 is 62.9. The molecule has 168 valence electrons. The standard InChI is InChI=1S/C19H21F3N4O4S/c20-19(21,22)15-2-1-3-16(24-15)26(12-13-4-6-14(7-5-13)17(23)27)18(28)25-8-10-31(29,30)11-9-25/h1-7,18,28H,8-12H2,(H2,23,27). The second-order valence-corrected chi connectivity index (χ2v) is 9.41. The minimum absolute atomic E-state index is 0.0274. The number of halogens is 3. The van der Waals surface area contributed by atoms with E-state index in [1.807, 2.05) is 0 Å². The highest BCUT2D eigenvalue weighted by Gasteiger charge is 2.34. The molecule has 2 heterocycles. The minimum Gasteiger partial charge on any atom is -0.366 e. The van der Waals surface area contributed by atoms with Gasteiger partial charge in [0, 0.05) is 25.2 Å². The quantitative estimate of drug-likeness (QED) is 0.625. The number of aliphatic hydroxyl groups excluding tert-OH is 1. The van der Waals surface area contributed by atoms with Crippen LogP contribution in [-0.2, 0) is 22.6 Å². The molecule has 0 saturated carbocycles. The van der Waals surface area contributed by atoms with Gasteiger partial charge in [0.05, 0.1) is 11.5 Å². The number of carbonyl (C=O) groups excluding carboxylic acids is 1. The molecule has 0 aliphatic carbocycles. The van der Waals surface area contributed by atoms with Crippen molar-refractivity contribution in [2.24, 2.45) is 5.73 Å². The third-order valence-corrected chi connectivity index (χ3v) is 6.50. The molecule has 3 rings (SSSR count). The Morgan fingerprint density at radius 3 is 2.32 bits per heavy atom. The maximum atomic E-state index is 13.2. The number of nitrogens with zero attached hydrogens (tertiary/aromatic N) is 3. The zero-order chi connectivity index (χ0) is 22.8. The van der Waals surface area contributed by atoms with Gasteiger partial charge in [-0.3, -0.25) is 9.69 Å². The summed E-state index contributed by atoms with van der Waals surface area (Å²) in [7, 11) is -3.22. The molecule has 1 aromatic carbocycles. The SMILES string of the molecule is NC(=O)c1ccc(CN(c2cccc(C(F)(F)F)n2)C(O)N2CCS(=O)(=O)CC2)cc1. The average Bonchev–Trinajstić information content (AvgIpc) is 2.71. The van der Waals surface area contributed by atoms with Crippen LogP contribution >= 0.6 is 0 Å². The van der Waals surface area contributed by atoms with Crippen molar-refractivity contribution in [1.82, 2.24) is 9.88 Å². The highest BCUT2D eigenvalue weighted by Crippen LogP contribution is 2.30. The van der Waals surface area contributed by atoms with Crippen molar-refractivity contribution in [2.75, 3.05) is 29.5 Å². The molecule has 0 spiro atoms. The number of primary amides is 1. The van der Waals surface area contributed by atoms with Crippen LogP contribution in [0.25, 0.3) is 0 Å². The lowest BCUT2D eigenvalue weighted by Crippen LogP contribution is -2.54. The average molecular weight is 458 g/mol. The second-order valence-electron chi connectivity index (χ2n) is 7.10. The van der Waals surface area contributed by atoms with E-state index < -0.39 is 34.0 Å². The number of benzene rings is 1. The number of carbonyl (C=O) groups is 1. The van der Waals surface area contributed by atoms with Gasteiger partial charge in [0.1, 0.15) is 11.5 Å². The number of pyridine rings is 1. The topological polar surface area (TPSA) is 117 Å². The molecule has 12 heteroatoms. The molecule has 0 radical (unpaired) electrons. The molecule has 1 aliphatic rings. The van der Waals surface area contributed by atoms with Gasteiger partial charge < -0.3 is 15.7 Å². The largest absolute Gasteiger partial charge is 0.433 e. The summed E-state index contributed by atoms with van der Waals surface area (Å²) in [6.45, 7) is 0.0108. The number of anilines is 1. The minimum atomic E-state index is -4.67. The Kier molecular flexibility index (Phi) is 6.53. The van der Waals surface area contributed by atoms with Crippen LogP contribution in [-0.4, -0.2) is 60.3 Å². The first-order valence-electron chi connectivity index (χ1n) is 9.28. The summed E-state index contributed by atoms with van der Waals surface area (Å²) in [5.41, 5.74) is 4.94. The molecule has 1 unspecified atom stereocenters. The van der Waals surface area contributed by atoms with E-state index >= 15 is 0 Å². The molecule has 1 saturated heterocycles. The lowest BCUT2D eigenvalue weighted by molar-refractivity contribution is -0.141. The zero-order valence-corrected chi connectivity index (χ0v) is 17.1. The van der Waals surface area contributed by atoms with Crippen molar-refractivity contribution in [2.45, 2.75) is 19.1 Å². The fourth-order valence-corrected chi connectivity index (χ4v) is 4.38. The van der Waals surface area contributed by atoms with Crippen molar-refractivity contribution in [1.29, 1.82) is 0 Å². The van der Waals surface area contributed by atoms with Gasteiger partial charge in [-0.1, -0.05) is 18.2 Å². The fourth-order valence-electron chi connectivity index (χ4n) is 3.15. The van der Waals surface area contributed by atoms with Gasteiger partial charge in [-0.2, -0.15) is 13.2 Å². The van der Waals surface area contributed by atoms with Crippen molar-refractivity contribution in [3.63, 3.8) is 0 Å². The zero-order valence-electron chi connectivity index (χ0n) is 16.3. The maximum absolute atomic E-state index is 13.2. The first kappa shape index (κ1) is 23.0. The smallest absolute Gasteiger partial charge is 0.366 e. The van der Waals surface area contributed by atoms with E-state index in [4.69, 9.17) is 5.73 Å². The van der Waals surface area contributed by atoms with Crippen LogP contribution in [0.1, 0.15) is 21.6 Å². The molecule has 1 amide bonds. The van der Waals surface area contributed by atoms with Crippen LogP contribution in [0.2, 0.25) is 0 Å². The first-order valence-corrected chi connectivity index (χ1v) is 11.1. The van der Waals surface area contributed by atoms with Gasteiger partial charge in [-0.05, 0) is 29.8 Å². The van der Waals surface area contributed by atoms with E-state index in [1.54, 1.807) is 12.1 Å². The molecule has 8 nitrogen and oxygen atoms in total. The van der Waals surface area contributed by atoms with E-state index in [-0.39, 0.29) is 42.5 Å². The number of rotatable bonds is 6. The van der Waals surface area contributed by atoms with E-state index in [1.165, 1.54) is 34.1 Å². The van der Waals surface area contributed by atoms with E-state index in [2.05, 4.69) is 4.98 Å². The van der Waals surface area contributed by atoms with Crippen LogP contribution < -0.4 is 10.6 Å². The lowest BCUT2D eigenvalue weighted by Gasteiger charge is -2.38. The predicted molar refractivity (Wildman–Crippen MR) is 107 cm³/mol. The highest BCUT2D eigenvalue weighted by atomic mass is 32.2. The molecule has 31 heavy (non-hydrogen) atoms. The summed E-state index contributed by atoms with van der Waals surface area (Å²) in [4.78, 5) is 17.6. The molecule has 1 aliphatic heterocycles. The van der Waals surface area contributed by atoms with Crippen LogP contribution in [0, 0.1) is 0 Å². The number of sulfone groups is 1. The number of hydrogen-bond donors (Lipinski definition) is 2. The Labute approximate surface area is 177 Å². The summed E-state index contributed by atoms with van der Waals surface area (Å²) in [5.74, 6) is -1.09. The van der Waals surface area contributed by atoms with Gasteiger partial charge >= 0.3 is 6.18 Å². The van der Waals surface area contributed by atoms with Gasteiger partial charge in [-0.15, -0.1) is 0 Å². The molecule has 2 aromatic rings. The van der Waals surface area contributed by atoms with Crippen LogP contribution in [0.5, 0.6) is 0 Å². The Balaban J connectivity index is 1.92. The Bertz CT molecular complexity index is 1030. The summed E-state index contributed by atoms with van der Waals surface area (Å²) >= 11 is 0. The number of aromatic nitrogens is 1. The number of nitrogens with two attached hydrogens (primary N) is 1. The molecule has 1 fully saturated rings. The highest BCUT2D eigenvalue weighted by molar-refractivity contribution is 7.91. The van der Waals surface area contributed by atoms with Crippen molar-refractivity contribution < 1.29 is 31.5 Å². The van der Waals surface area contributed by atoms with Crippen molar-refractivity contribution in [3.8, 4) is 0 Å². The number of alkyl halides is 3. The van der Waals surface area contributed by atoms with Crippen LogP contribution in [0.4, 0.5) is 19.0 Å². The number of amides is 1. The molecule has 1 aromatic heterocycles. The van der Waals surface area contributed by atoms with Gasteiger partial charge in [0.2, 0.25) is 5.91 Å². The van der Waals surface area contributed by atoms with Crippen molar-refractivity contribution >= 4 is 21.6 Å². The Hall–Kier alpha value is -2.70. The molecular formula is C19H21F3N4O4S. The summed E-state index contributed by atoms with van der Waals surface area (Å²) in [5, 5.41) is 10.9. The van der Waals surface area contributed by atoms with Crippen molar-refractivity contribution in [3.05, 3.63) is 59.3 Å². The third-order valence-electron chi connectivity index (χ3n) is 4.89. The molecular weight excluding hydrogens is 437 g/mol. The first-order chi connectivity index (χ1) is 14.5. The summed E-state index contributed by atoms with van der Waals surface area (Å²) in [6.07, 6.45) is -6.09. The number of hydrogen-bond acceptors (Lipinski definition) is 7. The lowest BCUT2D eigenvalue weighted by atomic mass is 10.1. The maximum Gasteiger partial charge on any atom is 0.433 e. The van der Waals surface area contributed by atoms with Gasteiger partial charge in [0.15, 0.2) is 16.2 Å². The van der Waals surface area contributed by atoms with E-state index in [0.717, 1.165) is 6.07 Å². The normalized spacial score (nSPS) is 17.8. The molecule has 0 bridgehead atoms. The van der Waals surface area contributed by atoms with E-state index in [9.17, 15) is 31.5 Å². The van der Waals surface area contributed by atoms with Gasteiger partial charge in [0.25, 0.3) is 0 Å². The predicted octanol–water partition coefficient (Wildman–Crippen LogP) is 1.21. The third kappa shape index (κ3) is 5.71. The number of aliphatic hydroxyl groups is 1. The van der Waals surface area contributed by atoms with Crippen LogP contribution in [0.15, 0.2) is 42.5 Å². The van der Waals surface area contributed by atoms with Crippen LogP contribution in [0.3, 0.4) is 0 Å². The Morgan fingerprint density at radius 2 is 1.77 bits per heavy atom. The molecule has 1 atom stereocenters. The second kappa shape index (κ2) is 8.81. The monoisotopic (exact) mass is 458 g/mol. The van der Waals surface area contributed by atoms with Gasteiger partial charge in [-0.25, -0.2) is 13.4 Å². The Morgan fingerprint density at radius 1 is 1.16 bits per heavy atom.